The first-order valence-electron chi connectivity index (χ1n) is 8.07. The van der Waals surface area contributed by atoms with Crippen molar-refractivity contribution in [3.05, 3.63) is 65.2 Å². The molecule has 0 radical (unpaired) electrons. The van der Waals surface area contributed by atoms with Crippen molar-refractivity contribution in [3.63, 3.8) is 0 Å². The molecule has 0 amide bonds. The average molecular weight is 294 g/mol. The Morgan fingerprint density at radius 1 is 1.05 bits per heavy atom. The smallest absolute Gasteiger partial charge is 0.173 e. The van der Waals surface area contributed by atoms with E-state index in [1.807, 2.05) is 24.3 Å². The Bertz CT molecular complexity index is 658. The molecule has 0 aromatic heterocycles. The van der Waals surface area contributed by atoms with Crippen molar-refractivity contribution in [1.29, 1.82) is 0 Å². The largest absolute Gasteiger partial charge is 0.484 e. The van der Waals surface area contributed by atoms with E-state index in [1.165, 1.54) is 5.56 Å². The summed E-state index contributed by atoms with van der Waals surface area (Å²) in [4.78, 5) is 12.9. The van der Waals surface area contributed by atoms with Crippen molar-refractivity contribution in [2.75, 3.05) is 0 Å². The van der Waals surface area contributed by atoms with E-state index in [-0.39, 0.29) is 17.8 Å². The predicted octanol–water partition coefficient (Wildman–Crippen LogP) is 5.12. The molecule has 1 aliphatic heterocycles. The molecular formula is C20H22O2. The second kappa shape index (κ2) is 6.35. The zero-order valence-electron chi connectivity index (χ0n) is 13.2. The van der Waals surface area contributed by atoms with E-state index in [9.17, 15) is 4.79 Å². The predicted molar refractivity (Wildman–Crippen MR) is 88.3 cm³/mol. The standard InChI is InChI=1S/C20H22O2/c1-3-4-7-17-19(21)16-8-5-6-9-18(16)22-20(17)15-12-10-14(2)11-13-15/h5-6,8-13,17,20H,3-4,7H2,1-2H3/t17-,20-/m0/s1. The molecule has 1 heterocycles. The number of hydrogen-bond donors (Lipinski definition) is 0. The molecular weight excluding hydrogens is 272 g/mol. The number of carbonyl (C=O) groups is 1. The van der Waals surface area contributed by atoms with Crippen LogP contribution in [0.25, 0.3) is 0 Å². The highest BCUT2D eigenvalue weighted by molar-refractivity contribution is 6.01. The first-order valence-corrected chi connectivity index (χ1v) is 8.07. The maximum atomic E-state index is 12.9. The Hall–Kier alpha value is -2.09. The summed E-state index contributed by atoms with van der Waals surface area (Å²) in [7, 11) is 0. The lowest BCUT2D eigenvalue weighted by Crippen LogP contribution is -2.31. The highest BCUT2D eigenvalue weighted by atomic mass is 16.5. The number of fused-ring (bicyclic) bond motifs is 1. The molecule has 0 fully saturated rings. The van der Waals surface area contributed by atoms with Crippen LogP contribution in [0.5, 0.6) is 5.75 Å². The highest BCUT2D eigenvalue weighted by Gasteiger charge is 2.37. The van der Waals surface area contributed by atoms with Crippen LogP contribution in [-0.4, -0.2) is 5.78 Å². The summed E-state index contributed by atoms with van der Waals surface area (Å²) in [6.07, 6.45) is 2.84. The number of benzene rings is 2. The van der Waals surface area contributed by atoms with Gasteiger partial charge in [0.2, 0.25) is 0 Å². The van der Waals surface area contributed by atoms with Gasteiger partial charge in [0.1, 0.15) is 11.9 Å². The van der Waals surface area contributed by atoms with Gasteiger partial charge in [-0.15, -0.1) is 0 Å². The number of ether oxygens (including phenoxy) is 1. The van der Waals surface area contributed by atoms with Crippen LogP contribution < -0.4 is 4.74 Å². The SMILES string of the molecule is CCCC[C@H]1C(=O)c2ccccc2O[C@H]1c1ccc(C)cc1. The topological polar surface area (TPSA) is 26.3 Å². The van der Waals surface area contributed by atoms with Crippen LogP contribution in [0.2, 0.25) is 0 Å². The Kier molecular flexibility index (Phi) is 4.28. The van der Waals surface area contributed by atoms with E-state index >= 15 is 0 Å². The third-order valence-corrected chi connectivity index (χ3v) is 4.38. The molecule has 2 nitrogen and oxygen atoms in total. The number of para-hydroxylation sites is 1. The van der Waals surface area contributed by atoms with Crippen molar-refractivity contribution in [2.45, 2.75) is 39.2 Å². The van der Waals surface area contributed by atoms with Crippen molar-refractivity contribution in [2.24, 2.45) is 5.92 Å². The lowest BCUT2D eigenvalue weighted by atomic mass is 9.82. The number of carbonyl (C=O) groups excluding carboxylic acids is 1. The van der Waals surface area contributed by atoms with Crippen LogP contribution in [0.15, 0.2) is 48.5 Å². The third kappa shape index (κ3) is 2.78. The Balaban J connectivity index is 1.99. The molecule has 22 heavy (non-hydrogen) atoms. The molecule has 2 atom stereocenters. The van der Waals surface area contributed by atoms with Crippen molar-refractivity contribution < 1.29 is 9.53 Å². The normalized spacial score (nSPS) is 20.4. The second-order valence-corrected chi connectivity index (χ2v) is 6.06. The van der Waals surface area contributed by atoms with Crippen LogP contribution in [0, 0.1) is 12.8 Å². The Labute approximate surface area is 132 Å². The summed E-state index contributed by atoms with van der Waals surface area (Å²) in [5.74, 6) is 0.851. The molecule has 3 rings (SSSR count). The number of hydrogen-bond acceptors (Lipinski definition) is 2. The number of Topliss-reactive ketones (excluding diaryl/α,β-unsaturated/α-hetero) is 1. The van der Waals surface area contributed by atoms with Gasteiger partial charge in [-0.3, -0.25) is 4.79 Å². The van der Waals surface area contributed by atoms with E-state index in [4.69, 9.17) is 4.74 Å². The number of rotatable bonds is 4. The van der Waals surface area contributed by atoms with Crippen LogP contribution >= 0.6 is 0 Å². The summed E-state index contributed by atoms with van der Waals surface area (Å²) >= 11 is 0. The van der Waals surface area contributed by atoms with E-state index in [0.29, 0.717) is 5.75 Å². The molecule has 0 saturated carbocycles. The van der Waals surface area contributed by atoms with Gasteiger partial charge >= 0.3 is 0 Å². The van der Waals surface area contributed by atoms with Gasteiger partial charge in [0.05, 0.1) is 11.5 Å². The molecule has 114 valence electrons. The maximum absolute atomic E-state index is 12.9. The second-order valence-electron chi connectivity index (χ2n) is 6.06. The first-order chi connectivity index (χ1) is 10.7. The van der Waals surface area contributed by atoms with Crippen molar-refractivity contribution >= 4 is 5.78 Å². The minimum absolute atomic E-state index is 0.0856. The summed E-state index contributed by atoms with van der Waals surface area (Å²) < 4.78 is 6.22. The summed E-state index contributed by atoms with van der Waals surface area (Å²) in [5.41, 5.74) is 3.04. The van der Waals surface area contributed by atoms with Crippen LogP contribution in [0.4, 0.5) is 0 Å². The van der Waals surface area contributed by atoms with Gasteiger partial charge in [-0.2, -0.15) is 0 Å². The highest BCUT2D eigenvalue weighted by Crippen LogP contribution is 2.40. The molecule has 1 aliphatic rings. The fraction of sp³-hybridized carbons (Fsp3) is 0.350. The molecule has 0 N–H and O–H groups in total. The molecule has 0 unspecified atom stereocenters. The van der Waals surface area contributed by atoms with E-state index in [2.05, 4.69) is 38.1 Å². The number of unbranched alkanes of at least 4 members (excludes halogenated alkanes) is 1. The fourth-order valence-corrected chi connectivity index (χ4v) is 3.09. The molecule has 2 heteroatoms. The molecule has 2 aromatic carbocycles. The molecule has 0 aliphatic carbocycles. The summed E-state index contributed by atoms with van der Waals surface area (Å²) in [6, 6.07) is 15.9. The maximum Gasteiger partial charge on any atom is 0.173 e. The van der Waals surface area contributed by atoms with Gasteiger partial charge in [-0.1, -0.05) is 61.7 Å². The van der Waals surface area contributed by atoms with Crippen LogP contribution in [0.3, 0.4) is 0 Å². The van der Waals surface area contributed by atoms with Gasteiger partial charge in [-0.25, -0.2) is 0 Å². The molecule has 0 bridgehead atoms. The zero-order valence-corrected chi connectivity index (χ0v) is 13.2. The van der Waals surface area contributed by atoms with Crippen molar-refractivity contribution in [3.8, 4) is 5.75 Å². The van der Waals surface area contributed by atoms with Gasteiger partial charge < -0.3 is 4.74 Å². The minimum atomic E-state index is -0.172. The summed E-state index contributed by atoms with van der Waals surface area (Å²) in [5, 5.41) is 0. The van der Waals surface area contributed by atoms with Gasteiger partial charge in [0.15, 0.2) is 5.78 Å². The van der Waals surface area contributed by atoms with Crippen LogP contribution in [0.1, 0.15) is 53.8 Å². The number of aryl methyl sites for hydroxylation is 1. The lowest BCUT2D eigenvalue weighted by molar-refractivity contribution is 0.0632. The quantitative estimate of drug-likeness (QED) is 0.782. The van der Waals surface area contributed by atoms with E-state index in [0.717, 1.165) is 30.4 Å². The fourth-order valence-electron chi connectivity index (χ4n) is 3.09. The van der Waals surface area contributed by atoms with Gasteiger partial charge in [0.25, 0.3) is 0 Å². The third-order valence-electron chi connectivity index (χ3n) is 4.38. The summed E-state index contributed by atoms with van der Waals surface area (Å²) in [6.45, 7) is 4.23. The Morgan fingerprint density at radius 3 is 2.50 bits per heavy atom. The van der Waals surface area contributed by atoms with E-state index < -0.39 is 0 Å². The van der Waals surface area contributed by atoms with Crippen molar-refractivity contribution in [1.82, 2.24) is 0 Å². The molecule has 2 aromatic rings. The lowest BCUT2D eigenvalue weighted by Gasteiger charge is -2.33. The monoisotopic (exact) mass is 294 g/mol. The van der Waals surface area contributed by atoms with E-state index in [1.54, 1.807) is 0 Å². The van der Waals surface area contributed by atoms with Gasteiger partial charge in [0, 0.05) is 0 Å². The minimum Gasteiger partial charge on any atom is -0.484 e. The number of ketones is 1. The molecule has 0 spiro atoms. The average Bonchev–Trinajstić information content (AvgIpc) is 2.55. The zero-order chi connectivity index (χ0) is 15.5. The van der Waals surface area contributed by atoms with Gasteiger partial charge in [-0.05, 0) is 31.0 Å². The van der Waals surface area contributed by atoms with Crippen LogP contribution in [-0.2, 0) is 0 Å². The first kappa shape index (κ1) is 14.8. The molecule has 0 saturated heterocycles. The Morgan fingerprint density at radius 2 is 1.77 bits per heavy atom.